The second kappa shape index (κ2) is 6.19. The predicted octanol–water partition coefficient (Wildman–Crippen LogP) is 3.61. The van der Waals surface area contributed by atoms with E-state index in [9.17, 15) is 0 Å². The van der Waals surface area contributed by atoms with Gasteiger partial charge in [0.15, 0.2) is 0 Å². The zero-order valence-corrected chi connectivity index (χ0v) is 10.9. The molecule has 1 unspecified atom stereocenters. The first kappa shape index (κ1) is 12.6. The Hall–Kier alpha value is -0.470. The lowest BCUT2D eigenvalue weighted by atomic mass is 10.1. The van der Waals surface area contributed by atoms with Crippen LogP contribution in [-0.4, -0.2) is 12.3 Å². The normalized spacial score (nSPS) is 12.8. The molecule has 0 aliphatic rings. The quantitative estimate of drug-likeness (QED) is 0.765. The van der Waals surface area contributed by atoms with Crippen molar-refractivity contribution in [2.45, 2.75) is 43.9 Å². The fourth-order valence-electron chi connectivity index (χ4n) is 1.45. The number of benzene rings is 1. The third-order valence-corrected chi connectivity index (χ3v) is 3.86. The summed E-state index contributed by atoms with van der Waals surface area (Å²) in [7, 11) is 1.99. The van der Waals surface area contributed by atoms with Gasteiger partial charge in [-0.15, -0.1) is 11.8 Å². The first-order chi connectivity index (χ1) is 7.17. The van der Waals surface area contributed by atoms with Gasteiger partial charge >= 0.3 is 0 Å². The summed E-state index contributed by atoms with van der Waals surface area (Å²) in [6.07, 6.45) is 1.22. The van der Waals surface area contributed by atoms with Gasteiger partial charge < -0.3 is 5.32 Å². The second-order valence-corrected chi connectivity index (χ2v) is 5.47. The lowest BCUT2D eigenvalue weighted by molar-refractivity contribution is 0.810. The number of hydrogen-bond donors (Lipinski definition) is 1. The summed E-state index contributed by atoms with van der Waals surface area (Å²) in [5, 5.41) is 3.90. The summed E-state index contributed by atoms with van der Waals surface area (Å²) in [6, 6.07) is 6.76. The van der Waals surface area contributed by atoms with Crippen LogP contribution in [0.15, 0.2) is 23.1 Å². The zero-order valence-electron chi connectivity index (χ0n) is 10.1. The summed E-state index contributed by atoms with van der Waals surface area (Å²) >= 11 is 1.96. The van der Waals surface area contributed by atoms with E-state index in [-0.39, 0.29) is 0 Å². The molecule has 0 saturated heterocycles. The minimum Gasteiger partial charge on any atom is -0.316 e. The van der Waals surface area contributed by atoms with E-state index in [0.717, 1.165) is 6.54 Å². The van der Waals surface area contributed by atoms with Crippen LogP contribution in [0.2, 0.25) is 0 Å². The van der Waals surface area contributed by atoms with Crippen LogP contribution >= 0.6 is 11.8 Å². The summed E-state index contributed by atoms with van der Waals surface area (Å²) in [5.41, 5.74) is 2.78. The van der Waals surface area contributed by atoms with Gasteiger partial charge in [0.05, 0.1) is 0 Å². The van der Waals surface area contributed by atoms with E-state index in [0.29, 0.717) is 5.25 Å². The Morgan fingerprint density at radius 1 is 1.40 bits per heavy atom. The summed E-state index contributed by atoms with van der Waals surface area (Å²) in [5.74, 6) is 0. The Morgan fingerprint density at radius 3 is 2.67 bits per heavy atom. The van der Waals surface area contributed by atoms with Gasteiger partial charge in [-0.05, 0) is 43.7 Å². The standard InChI is InChI=1S/C13H21NS/c1-5-11(3)15-13-7-6-12(9-14-4)10(2)8-13/h6-8,11,14H,5,9H2,1-4H3. The third-order valence-electron chi connectivity index (χ3n) is 2.59. The molecule has 84 valence electrons. The van der Waals surface area contributed by atoms with Crippen molar-refractivity contribution in [1.82, 2.24) is 5.32 Å². The Balaban J connectivity index is 2.73. The molecule has 0 bridgehead atoms. The first-order valence-corrected chi connectivity index (χ1v) is 6.46. The van der Waals surface area contributed by atoms with Crippen molar-refractivity contribution < 1.29 is 0 Å². The Labute approximate surface area is 97.7 Å². The van der Waals surface area contributed by atoms with E-state index >= 15 is 0 Å². The maximum atomic E-state index is 3.19. The fraction of sp³-hybridized carbons (Fsp3) is 0.538. The van der Waals surface area contributed by atoms with Crippen LogP contribution in [0.25, 0.3) is 0 Å². The van der Waals surface area contributed by atoms with Crippen LogP contribution in [0.5, 0.6) is 0 Å². The minimum atomic E-state index is 0.708. The highest BCUT2D eigenvalue weighted by Gasteiger charge is 2.03. The van der Waals surface area contributed by atoms with Gasteiger partial charge in [0.25, 0.3) is 0 Å². The lowest BCUT2D eigenvalue weighted by Crippen LogP contribution is -2.06. The number of nitrogens with one attached hydrogen (secondary N) is 1. The van der Waals surface area contributed by atoms with Crippen molar-refractivity contribution >= 4 is 11.8 Å². The first-order valence-electron chi connectivity index (χ1n) is 5.58. The van der Waals surface area contributed by atoms with E-state index in [1.54, 1.807) is 0 Å². The van der Waals surface area contributed by atoms with Gasteiger partial charge in [-0.2, -0.15) is 0 Å². The molecule has 0 radical (unpaired) electrons. The van der Waals surface area contributed by atoms with Gasteiger partial charge in [-0.25, -0.2) is 0 Å². The van der Waals surface area contributed by atoms with Crippen molar-refractivity contribution in [3.63, 3.8) is 0 Å². The Bertz CT molecular complexity index is 309. The highest BCUT2D eigenvalue weighted by atomic mass is 32.2. The van der Waals surface area contributed by atoms with Crippen LogP contribution in [0.1, 0.15) is 31.4 Å². The molecule has 2 heteroatoms. The smallest absolute Gasteiger partial charge is 0.0205 e. The van der Waals surface area contributed by atoms with Crippen LogP contribution in [0, 0.1) is 6.92 Å². The number of rotatable bonds is 5. The molecule has 0 heterocycles. The monoisotopic (exact) mass is 223 g/mol. The molecule has 0 amide bonds. The molecule has 0 spiro atoms. The lowest BCUT2D eigenvalue weighted by Gasteiger charge is -2.11. The average Bonchev–Trinajstić information content (AvgIpc) is 2.22. The molecule has 0 aliphatic heterocycles. The maximum absolute atomic E-state index is 3.19. The summed E-state index contributed by atoms with van der Waals surface area (Å²) < 4.78 is 0. The van der Waals surface area contributed by atoms with Crippen molar-refractivity contribution in [2.24, 2.45) is 0 Å². The largest absolute Gasteiger partial charge is 0.316 e. The van der Waals surface area contributed by atoms with Crippen LogP contribution in [0.3, 0.4) is 0 Å². The molecule has 0 aromatic heterocycles. The molecule has 0 aliphatic carbocycles. The van der Waals surface area contributed by atoms with E-state index in [4.69, 9.17) is 0 Å². The Kier molecular flexibility index (Phi) is 5.20. The second-order valence-electron chi connectivity index (χ2n) is 3.96. The van der Waals surface area contributed by atoms with Crippen molar-refractivity contribution in [2.75, 3.05) is 7.05 Å². The van der Waals surface area contributed by atoms with Gasteiger partial charge in [0, 0.05) is 16.7 Å². The fourth-order valence-corrected chi connectivity index (χ4v) is 2.47. The van der Waals surface area contributed by atoms with Crippen LogP contribution in [-0.2, 0) is 6.54 Å². The highest BCUT2D eigenvalue weighted by molar-refractivity contribution is 7.99. The van der Waals surface area contributed by atoms with Gasteiger partial charge in [-0.3, -0.25) is 0 Å². The van der Waals surface area contributed by atoms with E-state index < -0.39 is 0 Å². The molecule has 1 rings (SSSR count). The Morgan fingerprint density at radius 2 is 2.13 bits per heavy atom. The molecule has 1 N–H and O–H groups in total. The maximum Gasteiger partial charge on any atom is 0.0205 e. The highest BCUT2D eigenvalue weighted by Crippen LogP contribution is 2.26. The number of thioether (sulfide) groups is 1. The SMILES string of the molecule is CCC(C)Sc1ccc(CNC)c(C)c1. The summed E-state index contributed by atoms with van der Waals surface area (Å²) in [6.45, 7) is 7.66. The van der Waals surface area contributed by atoms with Crippen molar-refractivity contribution in [3.8, 4) is 0 Å². The molecule has 0 fully saturated rings. The van der Waals surface area contributed by atoms with Crippen molar-refractivity contribution in [3.05, 3.63) is 29.3 Å². The van der Waals surface area contributed by atoms with E-state index in [2.05, 4.69) is 44.3 Å². The summed E-state index contributed by atoms with van der Waals surface area (Å²) in [4.78, 5) is 1.39. The van der Waals surface area contributed by atoms with E-state index in [1.165, 1.54) is 22.4 Å². The molecular weight excluding hydrogens is 202 g/mol. The predicted molar refractivity (Wildman–Crippen MR) is 69.6 cm³/mol. The number of hydrogen-bond acceptors (Lipinski definition) is 2. The third kappa shape index (κ3) is 3.88. The van der Waals surface area contributed by atoms with Gasteiger partial charge in [0.1, 0.15) is 0 Å². The molecule has 1 atom stereocenters. The molecule has 0 saturated carbocycles. The van der Waals surface area contributed by atoms with Crippen molar-refractivity contribution in [1.29, 1.82) is 0 Å². The molecule has 1 nitrogen and oxygen atoms in total. The molecule has 15 heavy (non-hydrogen) atoms. The molecule has 1 aromatic carbocycles. The topological polar surface area (TPSA) is 12.0 Å². The van der Waals surface area contributed by atoms with E-state index in [1.807, 2.05) is 18.8 Å². The minimum absolute atomic E-state index is 0.708. The van der Waals surface area contributed by atoms with Gasteiger partial charge in [-0.1, -0.05) is 19.9 Å². The zero-order chi connectivity index (χ0) is 11.3. The van der Waals surface area contributed by atoms with Crippen LogP contribution in [0.4, 0.5) is 0 Å². The number of aryl methyl sites for hydroxylation is 1. The molecule has 1 aromatic rings. The molecular formula is C13H21NS. The van der Waals surface area contributed by atoms with Crippen LogP contribution < -0.4 is 5.32 Å². The van der Waals surface area contributed by atoms with Gasteiger partial charge in [0.2, 0.25) is 0 Å². The average molecular weight is 223 g/mol.